The Morgan fingerprint density at radius 2 is 1.85 bits per heavy atom. The van der Waals surface area contributed by atoms with Crippen molar-refractivity contribution in [3.8, 4) is 23.0 Å². The second-order valence-electron chi connectivity index (χ2n) is 9.97. The molecule has 6 rings (SSSR count). The minimum atomic E-state index is -1.76. The Morgan fingerprint density at radius 3 is 2.55 bits per heavy atom. The predicted molar refractivity (Wildman–Crippen MR) is 148 cm³/mol. The van der Waals surface area contributed by atoms with Gasteiger partial charge in [-0.05, 0) is 50.6 Å². The van der Waals surface area contributed by atoms with Crippen molar-refractivity contribution in [3.63, 3.8) is 0 Å². The molecule has 1 N–H and O–H groups in total. The van der Waals surface area contributed by atoms with Crippen LogP contribution in [0, 0.1) is 12.7 Å². The van der Waals surface area contributed by atoms with Gasteiger partial charge in [0.2, 0.25) is 5.88 Å². The molecule has 0 fully saturated rings. The molecule has 11 heteroatoms. The van der Waals surface area contributed by atoms with Crippen molar-refractivity contribution in [2.45, 2.75) is 32.4 Å². The second kappa shape index (κ2) is 9.06. The van der Waals surface area contributed by atoms with Gasteiger partial charge in [0.15, 0.2) is 11.2 Å². The molecule has 0 saturated heterocycles. The molecule has 2 aliphatic rings. The molecule has 204 valence electrons. The highest BCUT2D eigenvalue weighted by atomic mass is 35.5. The topological polar surface area (TPSA) is 98.6 Å². The number of halogens is 2. The highest BCUT2D eigenvalue weighted by Crippen LogP contribution is 2.55. The summed E-state index contributed by atoms with van der Waals surface area (Å²) in [4.78, 5) is 38.8. The molecule has 0 bridgehead atoms. The van der Waals surface area contributed by atoms with Crippen LogP contribution >= 0.6 is 11.6 Å². The zero-order valence-electron chi connectivity index (χ0n) is 22.4. The number of carbonyl (C=O) groups is 2. The minimum absolute atomic E-state index is 0.0181. The molecule has 0 aliphatic carbocycles. The summed E-state index contributed by atoms with van der Waals surface area (Å²) in [5.74, 6) is -0.713. The molecule has 9 nitrogen and oxygen atoms in total. The van der Waals surface area contributed by atoms with Crippen molar-refractivity contribution in [2.24, 2.45) is 0 Å². The van der Waals surface area contributed by atoms with Crippen molar-refractivity contribution in [1.82, 2.24) is 14.5 Å². The van der Waals surface area contributed by atoms with Crippen LogP contribution in [0.25, 0.3) is 11.4 Å². The Hall–Kier alpha value is -4.44. The third kappa shape index (κ3) is 3.38. The van der Waals surface area contributed by atoms with E-state index >= 15 is 4.39 Å². The fourth-order valence-electron chi connectivity index (χ4n) is 5.67. The SMILES string of the molecule is COc1cc(OC)c(-c2nc3c(n2C(C)C)C2(C(=O)Nc4cc(C)ccc42)N(c2cc(Cl)ccc2F)C3=O)cn1. The molecule has 2 aromatic heterocycles. The van der Waals surface area contributed by atoms with Gasteiger partial charge >= 0.3 is 0 Å². The average Bonchev–Trinajstić information content (AvgIpc) is 3.53. The molecule has 4 heterocycles. The van der Waals surface area contributed by atoms with Crippen LogP contribution in [0.2, 0.25) is 5.02 Å². The van der Waals surface area contributed by atoms with E-state index < -0.39 is 23.2 Å². The predicted octanol–water partition coefficient (Wildman–Crippen LogP) is 5.50. The maximum Gasteiger partial charge on any atom is 0.280 e. The zero-order valence-corrected chi connectivity index (χ0v) is 23.1. The number of aryl methyl sites for hydroxylation is 1. The van der Waals surface area contributed by atoms with E-state index in [9.17, 15) is 9.59 Å². The molecule has 1 atom stereocenters. The largest absolute Gasteiger partial charge is 0.496 e. The first-order valence-electron chi connectivity index (χ1n) is 12.6. The third-order valence-electron chi connectivity index (χ3n) is 7.31. The quantitative estimate of drug-likeness (QED) is 0.345. The van der Waals surface area contributed by atoms with E-state index in [0.29, 0.717) is 40.0 Å². The summed E-state index contributed by atoms with van der Waals surface area (Å²) < 4.78 is 28.1. The van der Waals surface area contributed by atoms with Gasteiger partial charge in [-0.3, -0.25) is 14.5 Å². The van der Waals surface area contributed by atoms with E-state index in [4.69, 9.17) is 26.1 Å². The van der Waals surface area contributed by atoms with Crippen molar-refractivity contribution >= 4 is 34.8 Å². The number of methoxy groups -OCH3 is 2. The van der Waals surface area contributed by atoms with Crippen LogP contribution in [0.1, 0.15) is 47.2 Å². The lowest BCUT2D eigenvalue weighted by molar-refractivity contribution is -0.119. The van der Waals surface area contributed by atoms with Gasteiger partial charge in [-0.1, -0.05) is 23.7 Å². The summed E-state index contributed by atoms with van der Waals surface area (Å²) in [5.41, 5.74) is 0.890. The average molecular weight is 562 g/mol. The van der Waals surface area contributed by atoms with Gasteiger partial charge in [0.1, 0.15) is 17.4 Å². The van der Waals surface area contributed by atoms with Crippen LogP contribution in [-0.2, 0) is 10.3 Å². The van der Waals surface area contributed by atoms with Gasteiger partial charge in [0.25, 0.3) is 11.8 Å². The van der Waals surface area contributed by atoms with Crippen molar-refractivity contribution in [2.75, 3.05) is 24.4 Å². The zero-order chi connectivity index (χ0) is 28.5. The first-order chi connectivity index (χ1) is 19.1. The Labute approximate surface area is 234 Å². The lowest BCUT2D eigenvalue weighted by atomic mass is 9.86. The highest BCUT2D eigenvalue weighted by Gasteiger charge is 2.64. The van der Waals surface area contributed by atoms with Crippen molar-refractivity contribution in [3.05, 3.63) is 82.0 Å². The standard InChI is InChI=1S/C29H25ClFN5O4/c1-14(2)35-25-24(34-26(35)17-13-32-23(40-5)12-22(17)39-4)27(37)36(21-11-16(30)7-9-19(21)31)29(25)18-8-6-15(3)10-20(18)33-28(29)38/h6-14H,1-5H3,(H,33,38). The molecule has 1 unspecified atom stereocenters. The summed E-state index contributed by atoms with van der Waals surface area (Å²) in [5, 5.41) is 3.15. The molecule has 2 aliphatic heterocycles. The van der Waals surface area contributed by atoms with E-state index in [2.05, 4.69) is 10.3 Å². The van der Waals surface area contributed by atoms with Crippen LogP contribution in [0.3, 0.4) is 0 Å². The summed E-state index contributed by atoms with van der Waals surface area (Å²) in [6, 6.07) is 10.7. The van der Waals surface area contributed by atoms with Gasteiger partial charge in [0, 0.05) is 34.6 Å². The fraction of sp³-hybridized carbons (Fsp3) is 0.241. The van der Waals surface area contributed by atoms with Crippen molar-refractivity contribution in [1.29, 1.82) is 0 Å². The number of ether oxygens (including phenoxy) is 2. The maximum atomic E-state index is 15.5. The molecule has 0 radical (unpaired) electrons. The van der Waals surface area contributed by atoms with E-state index in [1.54, 1.807) is 18.3 Å². The number of fused-ring (bicyclic) bond motifs is 4. The Kier molecular flexibility index (Phi) is 5.85. The van der Waals surface area contributed by atoms with Crippen molar-refractivity contribution < 1.29 is 23.5 Å². The number of benzene rings is 2. The molecule has 2 aromatic carbocycles. The van der Waals surface area contributed by atoms with Crippen LogP contribution in [0.5, 0.6) is 11.6 Å². The number of nitrogens with one attached hydrogen (secondary N) is 1. The molecular weight excluding hydrogens is 537 g/mol. The molecule has 1 spiro atoms. The van der Waals surface area contributed by atoms with Gasteiger partial charge in [-0.15, -0.1) is 0 Å². The number of anilines is 2. The monoisotopic (exact) mass is 561 g/mol. The first kappa shape index (κ1) is 25.8. The second-order valence-corrected chi connectivity index (χ2v) is 10.4. The maximum absolute atomic E-state index is 15.5. The normalized spacial score (nSPS) is 17.4. The Bertz CT molecular complexity index is 1740. The number of aromatic nitrogens is 3. The Balaban J connectivity index is 1.73. The summed E-state index contributed by atoms with van der Waals surface area (Å²) in [7, 11) is 3.00. The van der Waals surface area contributed by atoms with Crippen LogP contribution in [0.15, 0.2) is 48.7 Å². The fourth-order valence-corrected chi connectivity index (χ4v) is 5.83. The number of rotatable bonds is 5. The molecular formula is C29H25ClFN5O4. The Morgan fingerprint density at radius 1 is 1.07 bits per heavy atom. The lowest BCUT2D eigenvalue weighted by Crippen LogP contribution is -2.51. The van der Waals surface area contributed by atoms with E-state index in [0.717, 1.165) is 5.56 Å². The summed E-state index contributed by atoms with van der Waals surface area (Å²) >= 11 is 6.27. The number of imidazole rings is 1. The van der Waals surface area contributed by atoms with Crippen LogP contribution in [-0.4, -0.2) is 40.6 Å². The van der Waals surface area contributed by atoms with Gasteiger partial charge in [0.05, 0.1) is 31.2 Å². The van der Waals surface area contributed by atoms with Crippen LogP contribution in [0.4, 0.5) is 15.8 Å². The molecule has 2 amide bonds. The minimum Gasteiger partial charge on any atom is -0.496 e. The third-order valence-corrected chi connectivity index (χ3v) is 7.55. The number of hydrogen-bond acceptors (Lipinski definition) is 6. The molecule has 4 aromatic rings. The first-order valence-corrected chi connectivity index (χ1v) is 12.9. The lowest BCUT2D eigenvalue weighted by Gasteiger charge is -2.36. The van der Waals surface area contributed by atoms with E-state index in [1.165, 1.54) is 37.3 Å². The van der Waals surface area contributed by atoms with Crippen LogP contribution < -0.4 is 19.7 Å². The smallest absolute Gasteiger partial charge is 0.280 e. The van der Waals surface area contributed by atoms with Gasteiger partial charge < -0.3 is 19.4 Å². The van der Waals surface area contributed by atoms with E-state index in [-0.39, 0.29) is 22.4 Å². The highest BCUT2D eigenvalue weighted by molar-refractivity contribution is 6.31. The van der Waals surface area contributed by atoms with Gasteiger partial charge in [-0.2, -0.15) is 0 Å². The number of amides is 2. The molecule has 0 saturated carbocycles. The molecule has 40 heavy (non-hydrogen) atoms. The number of pyridine rings is 1. The van der Waals surface area contributed by atoms with E-state index in [1.807, 2.05) is 37.5 Å². The number of hydrogen-bond donors (Lipinski definition) is 1. The number of nitrogens with zero attached hydrogens (tertiary/aromatic N) is 4. The summed E-state index contributed by atoms with van der Waals surface area (Å²) in [6.45, 7) is 5.73. The summed E-state index contributed by atoms with van der Waals surface area (Å²) in [6.07, 6.45) is 1.55. The van der Waals surface area contributed by atoms with Gasteiger partial charge in [-0.25, -0.2) is 14.4 Å². The number of carbonyl (C=O) groups excluding carboxylic acids is 2.